The highest BCUT2D eigenvalue weighted by molar-refractivity contribution is 6.35. The van der Waals surface area contributed by atoms with Crippen LogP contribution in [0.4, 0.5) is 0 Å². The minimum Gasteiger partial charge on any atom is -0.392 e. The quantitative estimate of drug-likeness (QED) is 0.893. The molecule has 18 heavy (non-hydrogen) atoms. The van der Waals surface area contributed by atoms with E-state index in [1.54, 1.807) is 18.2 Å². The standard InChI is InChI=1S/C15H14Cl2O/c16-14-7-4-8-15(17)13(14)10-12(18)9-11-5-2-1-3-6-11/h1-8,12,18H,9-10H2. The lowest BCUT2D eigenvalue weighted by Crippen LogP contribution is -2.14. The largest absolute Gasteiger partial charge is 0.392 e. The summed E-state index contributed by atoms with van der Waals surface area (Å²) < 4.78 is 0. The van der Waals surface area contributed by atoms with Crippen molar-refractivity contribution in [2.45, 2.75) is 18.9 Å². The van der Waals surface area contributed by atoms with Crippen molar-refractivity contribution < 1.29 is 5.11 Å². The topological polar surface area (TPSA) is 20.2 Å². The summed E-state index contributed by atoms with van der Waals surface area (Å²) in [5, 5.41) is 11.3. The molecule has 94 valence electrons. The Morgan fingerprint density at radius 1 is 0.833 bits per heavy atom. The van der Waals surface area contributed by atoms with Gasteiger partial charge < -0.3 is 5.11 Å². The van der Waals surface area contributed by atoms with Gasteiger partial charge in [0, 0.05) is 16.5 Å². The molecule has 0 amide bonds. The minimum atomic E-state index is -0.482. The van der Waals surface area contributed by atoms with Gasteiger partial charge in [0.05, 0.1) is 6.10 Å². The monoisotopic (exact) mass is 280 g/mol. The molecular weight excluding hydrogens is 267 g/mol. The molecule has 1 unspecified atom stereocenters. The van der Waals surface area contributed by atoms with Crippen LogP contribution in [0.25, 0.3) is 0 Å². The fourth-order valence-electron chi connectivity index (χ4n) is 1.92. The molecule has 2 aromatic rings. The second-order valence-electron chi connectivity index (χ2n) is 4.25. The molecule has 0 heterocycles. The van der Waals surface area contributed by atoms with Crippen LogP contribution in [0.1, 0.15) is 11.1 Å². The van der Waals surface area contributed by atoms with E-state index in [-0.39, 0.29) is 0 Å². The lowest BCUT2D eigenvalue weighted by Gasteiger charge is -2.13. The third-order valence-electron chi connectivity index (χ3n) is 2.82. The van der Waals surface area contributed by atoms with Gasteiger partial charge in [0.2, 0.25) is 0 Å². The summed E-state index contributed by atoms with van der Waals surface area (Å²) in [6.45, 7) is 0. The molecule has 0 aromatic heterocycles. The van der Waals surface area contributed by atoms with Crippen LogP contribution in [0, 0.1) is 0 Å². The number of aliphatic hydroxyl groups excluding tert-OH is 1. The van der Waals surface area contributed by atoms with E-state index in [0.717, 1.165) is 11.1 Å². The molecule has 2 rings (SSSR count). The van der Waals surface area contributed by atoms with Crippen molar-refractivity contribution in [1.29, 1.82) is 0 Å². The maximum Gasteiger partial charge on any atom is 0.0621 e. The van der Waals surface area contributed by atoms with Crippen LogP contribution in [0.15, 0.2) is 48.5 Å². The third-order valence-corrected chi connectivity index (χ3v) is 3.52. The molecular formula is C15H14Cl2O. The Balaban J connectivity index is 2.06. The average molecular weight is 281 g/mol. The first-order chi connectivity index (χ1) is 8.66. The molecule has 0 aliphatic rings. The molecule has 0 aliphatic heterocycles. The van der Waals surface area contributed by atoms with Crippen molar-refractivity contribution in [3.63, 3.8) is 0 Å². The molecule has 0 fully saturated rings. The Bertz CT molecular complexity index is 491. The summed E-state index contributed by atoms with van der Waals surface area (Å²) in [5.74, 6) is 0. The van der Waals surface area contributed by atoms with Gasteiger partial charge in [-0.05, 0) is 29.7 Å². The molecule has 0 aliphatic carbocycles. The van der Waals surface area contributed by atoms with Gasteiger partial charge in [0.1, 0.15) is 0 Å². The van der Waals surface area contributed by atoms with Crippen LogP contribution in [-0.2, 0) is 12.8 Å². The van der Waals surface area contributed by atoms with E-state index in [0.29, 0.717) is 22.9 Å². The molecule has 1 nitrogen and oxygen atoms in total. The Kier molecular flexibility index (Phi) is 4.65. The molecule has 2 aromatic carbocycles. The predicted molar refractivity (Wildman–Crippen MR) is 76.3 cm³/mol. The molecule has 0 radical (unpaired) electrons. The smallest absolute Gasteiger partial charge is 0.0621 e. The van der Waals surface area contributed by atoms with E-state index in [9.17, 15) is 5.11 Å². The maximum absolute atomic E-state index is 10.1. The van der Waals surface area contributed by atoms with Gasteiger partial charge in [0.25, 0.3) is 0 Å². The molecule has 0 saturated carbocycles. The zero-order valence-corrected chi connectivity index (χ0v) is 11.3. The zero-order valence-electron chi connectivity index (χ0n) is 9.81. The molecule has 0 saturated heterocycles. The van der Waals surface area contributed by atoms with Crippen LogP contribution in [0.5, 0.6) is 0 Å². The van der Waals surface area contributed by atoms with Crippen LogP contribution < -0.4 is 0 Å². The number of hydrogen-bond donors (Lipinski definition) is 1. The Morgan fingerprint density at radius 3 is 2.06 bits per heavy atom. The highest BCUT2D eigenvalue weighted by atomic mass is 35.5. The SMILES string of the molecule is OC(Cc1ccccc1)Cc1c(Cl)cccc1Cl. The van der Waals surface area contributed by atoms with Gasteiger partial charge in [-0.25, -0.2) is 0 Å². The van der Waals surface area contributed by atoms with E-state index in [4.69, 9.17) is 23.2 Å². The molecule has 0 bridgehead atoms. The van der Waals surface area contributed by atoms with Gasteiger partial charge in [-0.1, -0.05) is 59.6 Å². The van der Waals surface area contributed by atoms with E-state index >= 15 is 0 Å². The van der Waals surface area contributed by atoms with Crippen molar-refractivity contribution in [2.24, 2.45) is 0 Å². The first-order valence-corrected chi connectivity index (χ1v) is 6.57. The second kappa shape index (κ2) is 6.24. The van der Waals surface area contributed by atoms with E-state index < -0.39 is 6.10 Å². The van der Waals surface area contributed by atoms with Crippen molar-refractivity contribution in [2.75, 3.05) is 0 Å². The van der Waals surface area contributed by atoms with Gasteiger partial charge in [-0.3, -0.25) is 0 Å². The third kappa shape index (κ3) is 3.49. The lowest BCUT2D eigenvalue weighted by molar-refractivity contribution is 0.175. The van der Waals surface area contributed by atoms with E-state index in [1.165, 1.54) is 0 Å². The summed E-state index contributed by atoms with van der Waals surface area (Å²) in [7, 11) is 0. The van der Waals surface area contributed by atoms with Gasteiger partial charge in [-0.2, -0.15) is 0 Å². The first-order valence-electron chi connectivity index (χ1n) is 5.81. The maximum atomic E-state index is 10.1. The highest BCUT2D eigenvalue weighted by Crippen LogP contribution is 2.26. The number of rotatable bonds is 4. The number of aliphatic hydroxyl groups is 1. The Labute approximate surface area is 117 Å². The molecule has 3 heteroatoms. The second-order valence-corrected chi connectivity index (χ2v) is 5.06. The highest BCUT2D eigenvalue weighted by Gasteiger charge is 2.12. The minimum absolute atomic E-state index is 0.466. The van der Waals surface area contributed by atoms with E-state index in [1.807, 2.05) is 30.3 Å². The van der Waals surface area contributed by atoms with Crippen molar-refractivity contribution in [3.05, 3.63) is 69.7 Å². The summed E-state index contributed by atoms with van der Waals surface area (Å²) in [6, 6.07) is 15.3. The molecule has 1 atom stereocenters. The normalized spacial score (nSPS) is 12.4. The summed E-state index contributed by atoms with van der Waals surface area (Å²) in [5.41, 5.74) is 1.91. The summed E-state index contributed by atoms with van der Waals surface area (Å²) in [6.07, 6.45) is 0.584. The number of benzene rings is 2. The number of hydrogen-bond acceptors (Lipinski definition) is 1. The van der Waals surface area contributed by atoms with Crippen LogP contribution >= 0.6 is 23.2 Å². The zero-order chi connectivity index (χ0) is 13.0. The predicted octanol–water partition coefficient (Wildman–Crippen LogP) is 4.14. The molecule has 0 spiro atoms. The van der Waals surface area contributed by atoms with Gasteiger partial charge in [0.15, 0.2) is 0 Å². The van der Waals surface area contributed by atoms with Crippen LogP contribution in [0.3, 0.4) is 0 Å². The van der Waals surface area contributed by atoms with Crippen molar-refractivity contribution in [1.82, 2.24) is 0 Å². The number of halogens is 2. The van der Waals surface area contributed by atoms with Crippen molar-refractivity contribution in [3.8, 4) is 0 Å². The van der Waals surface area contributed by atoms with Crippen LogP contribution in [-0.4, -0.2) is 11.2 Å². The van der Waals surface area contributed by atoms with Gasteiger partial charge in [-0.15, -0.1) is 0 Å². The fraction of sp³-hybridized carbons (Fsp3) is 0.200. The lowest BCUT2D eigenvalue weighted by atomic mass is 10.0. The van der Waals surface area contributed by atoms with Gasteiger partial charge >= 0.3 is 0 Å². The Hall–Kier alpha value is -1.02. The summed E-state index contributed by atoms with van der Waals surface area (Å²) >= 11 is 12.2. The van der Waals surface area contributed by atoms with E-state index in [2.05, 4.69) is 0 Å². The van der Waals surface area contributed by atoms with Crippen molar-refractivity contribution >= 4 is 23.2 Å². The first kappa shape index (κ1) is 13.4. The van der Waals surface area contributed by atoms with Crippen LogP contribution in [0.2, 0.25) is 10.0 Å². The molecule has 1 N–H and O–H groups in total. The fourth-order valence-corrected chi connectivity index (χ4v) is 2.47. The Morgan fingerprint density at radius 2 is 1.44 bits per heavy atom. The average Bonchev–Trinajstić information content (AvgIpc) is 2.35. The summed E-state index contributed by atoms with van der Waals surface area (Å²) in [4.78, 5) is 0.